The molecule has 0 bridgehead atoms. The van der Waals surface area contributed by atoms with E-state index in [1.54, 1.807) is 0 Å². The van der Waals surface area contributed by atoms with Crippen molar-refractivity contribution in [3.63, 3.8) is 0 Å². The van der Waals surface area contributed by atoms with Crippen LogP contribution >= 0.6 is 0 Å². The minimum absolute atomic E-state index is 0.252. The first-order chi connectivity index (χ1) is 5.83. The third-order valence-corrected chi connectivity index (χ3v) is 2.52. The second-order valence-electron chi connectivity index (χ2n) is 5.45. The lowest BCUT2D eigenvalue weighted by Crippen LogP contribution is -2.28. The number of nitrogens with one attached hydrogen (secondary N) is 1. The van der Waals surface area contributed by atoms with E-state index in [9.17, 15) is 0 Å². The molecule has 1 atom stereocenters. The average Bonchev–Trinajstić information content (AvgIpc) is 2.01. The Labute approximate surface area is 83.6 Å². The first-order valence-corrected chi connectivity index (χ1v) is 5.11. The average molecular weight is 183 g/mol. The Balaban J connectivity index is 4.05. The molecule has 0 saturated heterocycles. The summed E-state index contributed by atoms with van der Waals surface area (Å²) in [5.41, 5.74) is 0.681. The molecule has 1 unspecified atom stereocenters. The molecule has 0 aromatic carbocycles. The Kier molecular flexibility index (Phi) is 4.69. The SMILES string of the molecule is C=CC(C)(CCC(C)(C)C)CNC. The van der Waals surface area contributed by atoms with Gasteiger partial charge in [-0.2, -0.15) is 0 Å². The predicted molar refractivity (Wildman–Crippen MR) is 60.9 cm³/mol. The first kappa shape index (κ1) is 12.7. The van der Waals surface area contributed by atoms with Crippen LogP contribution in [-0.2, 0) is 0 Å². The molecule has 0 saturated carbocycles. The Morgan fingerprint density at radius 2 is 1.69 bits per heavy atom. The van der Waals surface area contributed by atoms with Gasteiger partial charge in [0.05, 0.1) is 0 Å². The van der Waals surface area contributed by atoms with E-state index in [1.807, 2.05) is 7.05 Å². The van der Waals surface area contributed by atoms with E-state index in [0.29, 0.717) is 5.41 Å². The van der Waals surface area contributed by atoms with Crippen molar-refractivity contribution in [3.05, 3.63) is 12.7 Å². The highest BCUT2D eigenvalue weighted by Gasteiger charge is 2.22. The van der Waals surface area contributed by atoms with Gasteiger partial charge < -0.3 is 5.32 Å². The number of hydrogen-bond donors (Lipinski definition) is 1. The Hall–Kier alpha value is -0.300. The second-order valence-corrected chi connectivity index (χ2v) is 5.45. The van der Waals surface area contributed by atoms with Crippen molar-refractivity contribution in [2.75, 3.05) is 13.6 Å². The van der Waals surface area contributed by atoms with Gasteiger partial charge in [0.2, 0.25) is 0 Å². The maximum Gasteiger partial charge on any atom is 0.00367 e. The van der Waals surface area contributed by atoms with Crippen LogP contribution in [0.4, 0.5) is 0 Å². The van der Waals surface area contributed by atoms with Gasteiger partial charge in [0, 0.05) is 6.54 Å². The second kappa shape index (κ2) is 4.80. The Morgan fingerprint density at radius 3 is 2.00 bits per heavy atom. The molecular formula is C12H25N. The molecule has 0 aliphatic heterocycles. The molecule has 0 aromatic heterocycles. The summed E-state index contributed by atoms with van der Waals surface area (Å²) in [7, 11) is 2.00. The van der Waals surface area contributed by atoms with E-state index in [4.69, 9.17) is 0 Å². The molecule has 0 heterocycles. The molecule has 78 valence electrons. The highest BCUT2D eigenvalue weighted by molar-refractivity contribution is 4.93. The summed E-state index contributed by atoms with van der Waals surface area (Å²) in [6, 6.07) is 0. The van der Waals surface area contributed by atoms with Gasteiger partial charge in [0.25, 0.3) is 0 Å². The number of rotatable bonds is 5. The molecule has 0 rings (SSSR count). The van der Waals surface area contributed by atoms with Crippen molar-refractivity contribution < 1.29 is 0 Å². The minimum atomic E-state index is 0.252. The lowest BCUT2D eigenvalue weighted by molar-refractivity contribution is 0.279. The molecule has 0 aliphatic carbocycles. The maximum absolute atomic E-state index is 3.91. The van der Waals surface area contributed by atoms with Crippen molar-refractivity contribution >= 4 is 0 Å². The molecule has 0 aromatic rings. The van der Waals surface area contributed by atoms with Gasteiger partial charge in [-0.3, -0.25) is 0 Å². The lowest BCUT2D eigenvalue weighted by Gasteiger charge is -2.29. The molecule has 1 heteroatoms. The van der Waals surface area contributed by atoms with Crippen LogP contribution in [0.5, 0.6) is 0 Å². The van der Waals surface area contributed by atoms with Crippen molar-refractivity contribution in [2.24, 2.45) is 10.8 Å². The zero-order chi connectivity index (χ0) is 10.5. The topological polar surface area (TPSA) is 12.0 Å². The fourth-order valence-electron chi connectivity index (χ4n) is 1.33. The van der Waals surface area contributed by atoms with Crippen LogP contribution in [0.3, 0.4) is 0 Å². The zero-order valence-corrected chi connectivity index (χ0v) is 9.91. The molecular weight excluding hydrogens is 158 g/mol. The normalized spacial score (nSPS) is 16.7. The minimum Gasteiger partial charge on any atom is -0.319 e. The van der Waals surface area contributed by atoms with E-state index in [2.05, 4.69) is 45.7 Å². The van der Waals surface area contributed by atoms with Crippen molar-refractivity contribution in [3.8, 4) is 0 Å². The fraction of sp³-hybridized carbons (Fsp3) is 0.833. The highest BCUT2D eigenvalue weighted by Crippen LogP contribution is 2.30. The summed E-state index contributed by atoms with van der Waals surface area (Å²) >= 11 is 0. The maximum atomic E-state index is 3.91. The van der Waals surface area contributed by atoms with Crippen LogP contribution in [0.2, 0.25) is 0 Å². The van der Waals surface area contributed by atoms with Gasteiger partial charge in [0.1, 0.15) is 0 Å². The van der Waals surface area contributed by atoms with Crippen LogP contribution in [-0.4, -0.2) is 13.6 Å². The Bertz CT molecular complexity index is 155. The van der Waals surface area contributed by atoms with Crippen LogP contribution in [0, 0.1) is 10.8 Å². The molecule has 0 amide bonds. The van der Waals surface area contributed by atoms with Crippen molar-refractivity contribution in [2.45, 2.75) is 40.5 Å². The van der Waals surface area contributed by atoms with Gasteiger partial charge in [-0.15, -0.1) is 6.58 Å². The van der Waals surface area contributed by atoms with E-state index < -0.39 is 0 Å². The van der Waals surface area contributed by atoms with Crippen molar-refractivity contribution in [1.82, 2.24) is 5.32 Å². The number of hydrogen-bond acceptors (Lipinski definition) is 1. The molecule has 0 fully saturated rings. The fourth-order valence-corrected chi connectivity index (χ4v) is 1.33. The lowest BCUT2D eigenvalue weighted by atomic mass is 9.79. The van der Waals surface area contributed by atoms with Gasteiger partial charge in [-0.25, -0.2) is 0 Å². The molecule has 0 radical (unpaired) electrons. The van der Waals surface area contributed by atoms with Crippen LogP contribution in [0.25, 0.3) is 0 Å². The van der Waals surface area contributed by atoms with Crippen LogP contribution in [0.15, 0.2) is 12.7 Å². The summed E-state index contributed by atoms with van der Waals surface area (Å²) in [6.07, 6.45) is 4.54. The highest BCUT2D eigenvalue weighted by atomic mass is 14.8. The predicted octanol–water partition coefficient (Wildman–Crippen LogP) is 3.22. The van der Waals surface area contributed by atoms with Crippen LogP contribution < -0.4 is 5.32 Å². The standard InChI is InChI=1S/C12H25N/c1-7-12(5,10-13-6)9-8-11(2,3)4/h7,13H,1,8-10H2,2-6H3. The summed E-state index contributed by atoms with van der Waals surface area (Å²) in [5, 5.41) is 3.22. The van der Waals surface area contributed by atoms with Crippen molar-refractivity contribution in [1.29, 1.82) is 0 Å². The third-order valence-electron chi connectivity index (χ3n) is 2.52. The van der Waals surface area contributed by atoms with E-state index >= 15 is 0 Å². The molecule has 1 N–H and O–H groups in total. The molecule has 13 heavy (non-hydrogen) atoms. The molecule has 1 nitrogen and oxygen atoms in total. The van der Waals surface area contributed by atoms with Gasteiger partial charge >= 0.3 is 0 Å². The molecule has 0 aliphatic rings. The zero-order valence-electron chi connectivity index (χ0n) is 9.91. The largest absolute Gasteiger partial charge is 0.319 e. The van der Waals surface area contributed by atoms with E-state index in [-0.39, 0.29) is 5.41 Å². The van der Waals surface area contributed by atoms with Gasteiger partial charge in [0.15, 0.2) is 0 Å². The summed E-state index contributed by atoms with van der Waals surface area (Å²) in [6.45, 7) is 14.1. The first-order valence-electron chi connectivity index (χ1n) is 5.11. The molecule has 0 spiro atoms. The van der Waals surface area contributed by atoms with Gasteiger partial charge in [-0.1, -0.05) is 33.8 Å². The quantitative estimate of drug-likeness (QED) is 0.645. The third kappa shape index (κ3) is 5.87. The monoisotopic (exact) mass is 183 g/mol. The van der Waals surface area contributed by atoms with Gasteiger partial charge in [-0.05, 0) is 30.7 Å². The summed E-state index contributed by atoms with van der Waals surface area (Å²) in [5.74, 6) is 0. The smallest absolute Gasteiger partial charge is 0.00367 e. The summed E-state index contributed by atoms with van der Waals surface area (Å²) < 4.78 is 0. The van der Waals surface area contributed by atoms with Crippen LogP contribution in [0.1, 0.15) is 40.5 Å². The Morgan fingerprint density at radius 1 is 1.15 bits per heavy atom. The summed E-state index contributed by atoms with van der Waals surface area (Å²) in [4.78, 5) is 0. The van der Waals surface area contributed by atoms with E-state index in [0.717, 1.165) is 6.54 Å². The van der Waals surface area contributed by atoms with E-state index in [1.165, 1.54) is 12.8 Å².